The van der Waals surface area contributed by atoms with Crippen LogP contribution >= 0.6 is 11.6 Å². The lowest BCUT2D eigenvalue weighted by Crippen LogP contribution is -2.19. The SMILES string of the molecule is Cc1cc(-c2c(-c3cccc(C#N)c3)nn3ccc(N[C@H]4CCOC4)nc23)cc(Cl)n1. The molecule has 1 N–H and O–H groups in total. The van der Waals surface area contributed by atoms with E-state index in [1.54, 1.807) is 10.6 Å². The maximum atomic E-state index is 9.35. The van der Waals surface area contributed by atoms with E-state index < -0.39 is 0 Å². The van der Waals surface area contributed by atoms with E-state index in [9.17, 15) is 5.26 Å². The fraction of sp³-hybridized carbons (Fsp3) is 0.217. The fourth-order valence-electron chi connectivity index (χ4n) is 3.84. The number of fused-ring (bicyclic) bond motifs is 1. The Labute approximate surface area is 184 Å². The van der Waals surface area contributed by atoms with Crippen molar-refractivity contribution in [1.82, 2.24) is 19.6 Å². The smallest absolute Gasteiger partial charge is 0.165 e. The summed E-state index contributed by atoms with van der Waals surface area (Å²) >= 11 is 6.28. The highest BCUT2D eigenvalue weighted by Crippen LogP contribution is 2.36. The van der Waals surface area contributed by atoms with Crippen LogP contribution in [0.2, 0.25) is 5.15 Å². The van der Waals surface area contributed by atoms with E-state index in [1.165, 1.54) is 0 Å². The number of halogens is 1. The Morgan fingerprint density at radius 1 is 1.19 bits per heavy atom. The van der Waals surface area contributed by atoms with E-state index in [0.717, 1.165) is 46.9 Å². The summed E-state index contributed by atoms with van der Waals surface area (Å²) in [6.45, 7) is 3.33. The van der Waals surface area contributed by atoms with Crippen molar-refractivity contribution in [2.75, 3.05) is 18.5 Å². The van der Waals surface area contributed by atoms with Gasteiger partial charge in [0.1, 0.15) is 16.7 Å². The standard InChI is InChI=1S/C23H19ClN6O/c1-14-9-17(11-19(24)26-14)21-22(16-4-2-3-15(10-16)12-25)29-30-7-5-20(28-23(21)30)27-18-6-8-31-13-18/h2-5,7,9-11,18H,6,8,13H2,1H3,(H,27,28)/t18-/m0/s1. The van der Waals surface area contributed by atoms with Crippen LogP contribution in [0.3, 0.4) is 0 Å². The molecule has 7 nitrogen and oxygen atoms in total. The van der Waals surface area contributed by atoms with Crippen molar-refractivity contribution < 1.29 is 4.74 Å². The predicted octanol–water partition coefficient (Wildman–Crippen LogP) is 4.49. The molecule has 1 saturated heterocycles. The highest BCUT2D eigenvalue weighted by atomic mass is 35.5. The van der Waals surface area contributed by atoms with Crippen LogP contribution in [0.15, 0.2) is 48.7 Å². The van der Waals surface area contributed by atoms with Gasteiger partial charge in [-0.1, -0.05) is 23.7 Å². The number of benzene rings is 1. The summed E-state index contributed by atoms with van der Waals surface area (Å²) in [5.74, 6) is 0.762. The molecule has 8 heteroatoms. The molecule has 0 saturated carbocycles. The van der Waals surface area contributed by atoms with Crippen molar-refractivity contribution >= 4 is 23.1 Å². The quantitative estimate of drug-likeness (QED) is 0.480. The second-order valence-electron chi connectivity index (χ2n) is 7.52. The Bertz CT molecular complexity index is 1300. The third-order valence-corrected chi connectivity index (χ3v) is 5.44. The maximum Gasteiger partial charge on any atom is 0.165 e. The van der Waals surface area contributed by atoms with E-state index in [0.29, 0.717) is 23.0 Å². The van der Waals surface area contributed by atoms with Gasteiger partial charge >= 0.3 is 0 Å². The predicted molar refractivity (Wildman–Crippen MR) is 119 cm³/mol. The molecule has 1 fully saturated rings. The lowest BCUT2D eigenvalue weighted by Gasteiger charge is -2.11. The molecule has 0 aliphatic carbocycles. The summed E-state index contributed by atoms with van der Waals surface area (Å²) in [5, 5.41) is 18.0. The second-order valence-corrected chi connectivity index (χ2v) is 7.91. The first-order chi connectivity index (χ1) is 15.1. The fourth-order valence-corrected chi connectivity index (χ4v) is 4.09. The summed E-state index contributed by atoms with van der Waals surface area (Å²) in [4.78, 5) is 9.16. The number of aryl methyl sites for hydroxylation is 1. The van der Waals surface area contributed by atoms with E-state index >= 15 is 0 Å². The number of rotatable bonds is 4. The Hall–Kier alpha value is -3.47. The number of pyridine rings is 1. The van der Waals surface area contributed by atoms with E-state index in [4.69, 9.17) is 26.4 Å². The van der Waals surface area contributed by atoms with Gasteiger partial charge < -0.3 is 10.1 Å². The number of aromatic nitrogens is 4. The molecular formula is C23H19ClN6O. The van der Waals surface area contributed by atoms with Gasteiger partial charge in [0.15, 0.2) is 5.65 Å². The van der Waals surface area contributed by atoms with Gasteiger partial charge in [0.25, 0.3) is 0 Å². The Kier molecular flexibility index (Phi) is 5.02. The molecule has 4 heterocycles. The minimum absolute atomic E-state index is 0.241. The van der Waals surface area contributed by atoms with Crippen LogP contribution in [0.5, 0.6) is 0 Å². The number of hydrogen-bond donors (Lipinski definition) is 1. The van der Waals surface area contributed by atoms with Gasteiger partial charge in [0.2, 0.25) is 0 Å². The minimum Gasteiger partial charge on any atom is -0.379 e. The molecule has 3 aromatic heterocycles. The van der Waals surface area contributed by atoms with Gasteiger partial charge in [-0.25, -0.2) is 14.5 Å². The third-order valence-electron chi connectivity index (χ3n) is 5.24. The molecule has 0 spiro atoms. The zero-order chi connectivity index (χ0) is 21.4. The lowest BCUT2D eigenvalue weighted by atomic mass is 10.00. The molecule has 1 aliphatic heterocycles. The lowest BCUT2D eigenvalue weighted by molar-refractivity contribution is 0.195. The Morgan fingerprint density at radius 2 is 2.10 bits per heavy atom. The van der Waals surface area contributed by atoms with Crippen LogP contribution in [-0.4, -0.2) is 38.8 Å². The topological polar surface area (TPSA) is 88.1 Å². The molecule has 31 heavy (non-hydrogen) atoms. The summed E-state index contributed by atoms with van der Waals surface area (Å²) in [6, 6.07) is 15.5. The number of nitrogens with one attached hydrogen (secondary N) is 1. The Morgan fingerprint density at radius 3 is 2.87 bits per heavy atom. The monoisotopic (exact) mass is 430 g/mol. The molecule has 0 bridgehead atoms. The summed E-state index contributed by atoms with van der Waals surface area (Å²) < 4.78 is 7.22. The van der Waals surface area contributed by atoms with Crippen LogP contribution in [0, 0.1) is 18.3 Å². The molecule has 5 rings (SSSR count). The third kappa shape index (κ3) is 3.83. The normalized spacial score (nSPS) is 15.8. The molecule has 1 aromatic carbocycles. The number of hydrogen-bond acceptors (Lipinski definition) is 6. The van der Waals surface area contributed by atoms with E-state index in [1.807, 2.05) is 49.5 Å². The van der Waals surface area contributed by atoms with Gasteiger partial charge in [-0.15, -0.1) is 0 Å². The second kappa shape index (κ2) is 7.99. The summed E-state index contributed by atoms with van der Waals surface area (Å²) in [6.07, 6.45) is 2.83. The number of nitriles is 1. The first-order valence-corrected chi connectivity index (χ1v) is 10.4. The molecule has 0 radical (unpaired) electrons. The van der Waals surface area contributed by atoms with Crippen molar-refractivity contribution in [2.24, 2.45) is 0 Å². The molecule has 154 valence electrons. The van der Waals surface area contributed by atoms with Crippen LogP contribution in [-0.2, 0) is 4.74 Å². The molecule has 1 atom stereocenters. The van der Waals surface area contributed by atoms with E-state index in [2.05, 4.69) is 16.4 Å². The largest absolute Gasteiger partial charge is 0.379 e. The van der Waals surface area contributed by atoms with Gasteiger partial charge in [-0.2, -0.15) is 10.4 Å². The highest BCUT2D eigenvalue weighted by molar-refractivity contribution is 6.29. The number of nitrogens with zero attached hydrogens (tertiary/aromatic N) is 5. The zero-order valence-corrected chi connectivity index (χ0v) is 17.6. The van der Waals surface area contributed by atoms with E-state index in [-0.39, 0.29) is 6.04 Å². The van der Waals surface area contributed by atoms with Crippen molar-refractivity contribution in [3.63, 3.8) is 0 Å². The molecule has 0 unspecified atom stereocenters. The highest BCUT2D eigenvalue weighted by Gasteiger charge is 2.21. The summed E-state index contributed by atoms with van der Waals surface area (Å²) in [7, 11) is 0. The van der Waals surface area contributed by atoms with Gasteiger partial charge in [-0.05, 0) is 49.2 Å². The zero-order valence-electron chi connectivity index (χ0n) is 16.8. The van der Waals surface area contributed by atoms with Crippen LogP contribution < -0.4 is 5.32 Å². The first kappa shape index (κ1) is 19.5. The number of anilines is 1. The maximum absolute atomic E-state index is 9.35. The minimum atomic E-state index is 0.241. The average molecular weight is 431 g/mol. The summed E-state index contributed by atoms with van der Waals surface area (Å²) in [5.41, 5.74) is 5.35. The van der Waals surface area contributed by atoms with Crippen LogP contribution in [0.1, 0.15) is 17.7 Å². The van der Waals surface area contributed by atoms with Gasteiger partial charge in [0, 0.05) is 24.1 Å². The van der Waals surface area contributed by atoms with Gasteiger partial charge in [-0.3, -0.25) is 0 Å². The van der Waals surface area contributed by atoms with Crippen LogP contribution in [0.25, 0.3) is 28.0 Å². The first-order valence-electron chi connectivity index (χ1n) is 9.99. The molecule has 4 aromatic rings. The number of ether oxygens (including phenoxy) is 1. The van der Waals surface area contributed by atoms with Crippen molar-refractivity contribution in [3.05, 3.63) is 65.1 Å². The average Bonchev–Trinajstić information content (AvgIpc) is 3.40. The van der Waals surface area contributed by atoms with Crippen LogP contribution in [0.4, 0.5) is 5.82 Å². The molecule has 0 amide bonds. The molecule has 1 aliphatic rings. The van der Waals surface area contributed by atoms with Crippen molar-refractivity contribution in [2.45, 2.75) is 19.4 Å². The Balaban J connectivity index is 1.72. The van der Waals surface area contributed by atoms with Crippen molar-refractivity contribution in [1.29, 1.82) is 5.26 Å². The molecular weight excluding hydrogens is 412 g/mol. The van der Waals surface area contributed by atoms with Gasteiger partial charge in [0.05, 0.1) is 29.8 Å². The van der Waals surface area contributed by atoms with Crippen molar-refractivity contribution in [3.8, 4) is 28.5 Å².